The average molecular weight is 411 g/mol. The molecular formula is C20H19ClN6S. The fourth-order valence-electron chi connectivity index (χ4n) is 3.08. The van der Waals surface area contributed by atoms with Gasteiger partial charge in [-0.1, -0.05) is 42.8 Å². The van der Waals surface area contributed by atoms with E-state index >= 15 is 0 Å². The SMILES string of the molecule is CCc1ncc(C=C(Cc2cccs2)c2nn[nH]n2)n1Cc1ccccc1Cl. The number of hydrogen-bond donors (Lipinski definition) is 1. The number of halogens is 1. The number of tetrazole rings is 1. The van der Waals surface area contributed by atoms with Gasteiger partial charge in [0.05, 0.1) is 18.4 Å². The lowest BCUT2D eigenvalue weighted by molar-refractivity contribution is 0.726. The maximum Gasteiger partial charge on any atom is 0.201 e. The third-order valence-electron chi connectivity index (χ3n) is 4.47. The molecule has 4 rings (SSSR count). The van der Waals surface area contributed by atoms with Crippen molar-refractivity contribution in [3.63, 3.8) is 0 Å². The van der Waals surface area contributed by atoms with E-state index in [4.69, 9.17) is 11.6 Å². The van der Waals surface area contributed by atoms with Crippen LogP contribution in [0.5, 0.6) is 0 Å². The van der Waals surface area contributed by atoms with Gasteiger partial charge in [-0.05, 0) is 34.4 Å². The number of aryl methyl sites for hydroxylation is 1. The standard InChI is InChI=1S/C20H19ClN6S/c1-2-19-22-12-16(27(19)13-14-6-3-4-8-18(14)21)10-15(20-23-25-26-24-20)11-17-7-5-9-28-17/h3-10,12H,2,11,13H2,1H3,(H,23,24,25,26). The van der Waals surface area contributed by atoms with Crippen LogP contribution < -0.4 is 0 Å². The molecule has 4 aromatic rings. The second-order valence-corrected chi connectivity index (χ2v) is 7.73. The first kappa shape index (κ1) is 18.6. The molecule has 0 radical (unpaired) electrons. The lowest BCUT2D eigenvalue weighted by Crippen LogP contribution is -2.07. The number of rotatable bonds is 7. The molecule has 0 fully saturated rings. The van der Waals surface area contributed by atoms with Gasteiger partial charge in [-0.2, -0.15) is 5.21 Å². The summed E-state index contributed by atoms with van der Waals surface area (Å²) in [5, 5.41) is 17.5. The van der Waals surface area contributed by atoms with E-state index in [1.165, 1.54) is 4.88 Å². The molecule has 142 valence electrons. The Balaban J connectivity index is 1.74. The number of nitrogens with one attached hydrogen (secondary N) is 1. The van der Waals surface area contributed by atoms with Crippen LogP contribution in [0.15, 0.2) is 48.0 Å². The molecule has 0 amide bonds. The number of aromatic nitrogens is 6. The van der Waals surface area contributed by atoms with E-state index in [1.54, 1.807) is 11.3 Å². The van der Waals surface area contributed by atoms with Gasteiger partial charge < -0.3 is 4.57 Å². The van der Waals surface area contributed by atoms with Gasteiger partial charge in [0, 0.05) is 28.3 Å². The number of nitrogens with zero attached hydrogens (tertiary/aromatic N) is 5. The second-order valence-electron chi connectivity index (χ2n) is 6.29. The third-order valence-corrected chi connectivity index (χ3v) is 5.72. The van der Waals surface area contributed by atoms with Crippen molar-refractivity contribution in [3.8, 4) is 0 Å². The molecule has 1 N–H and O–H groups in total. The summed E-state index contributed by atoms with van der Waals surface area (Å²) in [6.07, 6.45) is 5.55. The first-order valence-electron chi connectivity index (χ1n) is 8.99. The van der Waals surface area contributed by atoms with Crippen LogP contribution in [0.3, 0.4) is 0 Å². The number of imidazole rings is 1. The van der Waals surface area contributed by atoms with E-state index in [0.29, 0.717) is 12.4 Å². The molecule has 28 heavy (non-hydrogen) atoms. The summed E-state index contributed by atoms with van der Waals surface area (Å²) in [4.78, 5) is 5.85. The van der Waals surface area contributed by atoms with Crippen LogP contribution >= 0.6 is 22.9 Å². The highest BCUT2D eigenvalue weighted by Crippen LogP contribution is 2.24. The van der Waals surface area contributed by atoms with Crippen LogP contribution in [-0.4, -0.2) is 30.2 Å². The number of benzene rings is 1. The van der Waals surface area contributed by atoms with E-state index in [0.717, 1.165) is 40.5 Å². The Morgan fingerprint density at radius 3 is 2.86 bits per heavy atom. The Labute approximate surface area is 171 Å². The van der Waals surface area contributed by atoms with Crippen LogP contribution in [-0.2, 0) is 19.4 Å². The van der Waals surface area contributed by atoms with Crippen LogP contribution in [0.2, 0.25) is 5.02 Å². The van der Waals surface area contributed by atoms with E-state index < -0.39 is 0 Å². The van der Waals surface area contributed by atoms with Gasteiger partial charge in [0.25, 0.3) is 0 Å². The van der Waals surface area contributed by atoms with E-state index in [9.17, 15) is 0 Å². The number of thiophene rings is 1. The van der Waals surface area contributed by atoms with Gasteiger partial charge in [-0.25, -0.2) is 4.98 Å². The average Bonchev–Trinajstić information content (AvgIpc) is 3.46. The van der Waals surface area contributed by atoms with Crippen molar-refractivity contribution in [3.05, 3.63) is 80.8 Å². The van der Waals surface area contributed by atoms with Crippen molar-refractivity contribution in [1.82, 2.24) is 30.2 Å². The number of hydrogen-bond acceptors (Lipinski definition) is 5. The van der Waals surface area contributed by atoms with Gasteiger partial charge in [0.15, 0.2) is 0 Å². The number of allylic oxidation sites excluding steroid dienone is 1. The molecule has 0 aliphatic carbocycles. The van der Waals surface area contributed by atoms with Crippen molar-refractivity contribution in [2.45, 2.75) is 26.3 Å². The molecule has 0 aliphatic rings. The number of aromatic amines is 1. The third kappa shape index (κ3) is 4.05. The van der Waals surface area contributed by atoms with E-state index in [2.05, 4.69) is 54.6 Å². The molecule has 3 heterocycles. The lowest BCUT2D eigenvalue weighted by Gasteiger charge is -2.12. The van der Waals surface area contributed by atoms with E-state index in [-0.39, 0.29) is 0 Å². The summed E-state index contributed by atoms with van der Waals surface area (Å²) in [5.74, 6) is 1.60. The number of H-pyrrole nitrogens is 1. The fraction of sp³-hybridized carbons (Fsp3) is 0.200. The maximum atomic E-state index is 6.39. The first-order valence-corrected chi connectivity index (χ1v) is 10.2. The maximum absolute atomic E-state index is 6.39. The Hall–Kier alpha value is -2.77. The topological polar surface area (TPSA) is 72.3 Å². The second kappa shape index (κ2) is 8.50. The molecule has 0 spiro atoms. The predicted octanol–water partition coefficient (Wildman–Crippen LogP) is 4.51. The highest BCUT2D eigenvalue weighted by molar-refractivity contribution is 7.10. The van der Waals surface area contributed by atoms with Crippen LogP contribution in [0.25, 0.3) is 11.6 Å². The van der Waals surface area contributed by atoms with Crippen molar-refractivity contribution in [2.24, 2.45) is 0 Å². The highest BCUT2D eigenvalue weighted by Gasteiger charge is 2.14. The van der Waals surface area contributed by atoms with Crippen LogP contribution in [0.4, 0.5) is 0 Å². The monoisotopic (exact) mass is 410 g/mol. The summed E-state index contributed by atoms with van der Waals surface area (Å²) < 4.78 is 2.19. The first-order chi connectivity index (χ1) is 13.7. The molecule has 0 saturated heterocycles. The normalized spacial score (nSPS) is 11.9. The van der Waals surface area contributed by atoms with Crippen molar-refractivity contribution < 1.29 is 0 Å². The molecular weight excluding hydrogens is 392 g/mol. The van der Waals surface area contributed by atoms with Gasteiger partial charge in [-0.3, -0.25) is 0 Å². The van der Waals surface area contributed by atoms with Crippen molar-refractivity contribution in [2.75, 3.05) is 0 Å². The van der Waals surface area contributed by atoms with E-state index in [1.807, 2.05) is 36.5 Å². The Bertz CT molecular complexity index is 1070. The zero-order chi connectivity index (χ0) is 19.3. The minimum Gasteiger partial charge on any atom is -0.324 e. The van der Waals surface area contributed by atoms with Gasteiger partial charge in [-0.15, -0.1) is 21.5 Å². The summed E-state index contributed by atoms with van der Waals surface area (Å²) in [7, 11) is 0. The Morgan fingerprint density at radius 1 is 1.25 bits per heavy atom. The van der Waals surface area contributed by atoms with Crippen LogP contribution in [0, 0.1) is 0 Å². The zero-order valence-corrected chi connectivity index (χ0v) is 16.9. The lowest BCUT2D eigenvalue weighted by atomic mass is 10.1. The molecule has 8 heteroatoms. The molecule has 0 aliphatic heterocycles. The van der Waals surface area contributed by atoms with Gasteiger partial charge >= 0.3 is 0 Å². The summed E-state index contributed by atoms with van der Waals surface area (Å²) in [5.41, 5.74) is 3.04. The minimum absolute atomic E-state index is 0.594. The predicted molar refractivity (Wildman–Crippen MR) is 112 cm³/mol. The Kier molecular flexibility index (Phi) is 5.64. The molecule has 1 aromatic carbocycles. The quantitative estimate of drug-likeness (QED) is 0.486. The molecule has 0 saturated carbocycles. The zero-order valence-electron chi connectivity index (χ0n) is 15.3. The molecule has 0 unspecified atom stereocenters. The Morgan fingerprint density at radius 2 is 2.14 bits per heavy atom. The van der Waals surface area contributed by atoms with Crippen LogP contribution in [0.1, 0.15) is 34.7 Å². The van der Waals surface area contributed by atoms with Gasteiger partial charge in [0.2, 0.25) is 5.82 Å². The highest BCUT2D eigenvalue weighted by atomic mass is 35.5. The molecule has 0 atom stereocenters. The molecule has 0 bridgehead atoms. The minimum atomic E-state index is 0.594. The van der Waals surface area contributed by atoms with Crippen molar-refractivity contribution >= 4 is 34.6 Å². The molecule has 3 aromatic heterocycles. The largest absolute Gasteiger partial charge is 0.324 e. The summed E-state index contributed by atoms with van der Waals surface area (Å²) in [6.45, 7) is 2.76. The molecule has 6 nitrogen and oxygen atoms in total. The smallest absolute Gasteiger partial charge is 0.201 e. The van der Waals surface area contributed by atoms with Crippen molar-refractivity contribution in [1.29, 1.82) is 0 Å². The summed E-state index contributed by atoms with van der Waals surface area (Å²) >= 11 is 8.10. The van der Waals surface area contributed by atoms with Gasteiger partial charge in [0.1, 0.15) is 5.82 Å². The fourth-order valence-corrected chi connectivity index (χ4v) is 4.00. The summed E-state index contributed by atoms with van der Waals surface area (Å²) in [6, 6.07) is 12.1.